The summed E-state index contributed by atoms with van der Waals surface area (Å²) in [5, 5.41) is 0. The molecule has 0 bridgehead atoms. The summed E-state index contributed by atoms with van der Waals surface area (Å²) in [7, 11) is 1.82. The van der Waals surface area contributed by atoms with Crippen molar-refractivity contribution in [2.75, 3.05) is 13.7 Å². The molecular formula is C23H27NO3. The molecular weight excluding hydrogens is 338 g/mol. The van der Waals surface area contributed by atoms with Crippen molar-refractivity contribution < 1.29 is 14.3 Å². The second kappa shape index (κ2) is 8.30. The zero-order valence-corrected chi connectivity index (χ0v) is 16.5. The Kier molecular flexibility index (Phi) is 5.84. The first kappa shape index (κ1) is 19.0. The van der Waals surface area contributed by atoms with Crippen LogP contribution >= 0.6 is 0 Å². The molecule has 4 nitrogen and oxygen atoms in total. The van der Waals surface area contributed by atoms with Gasteiger partial charge in [0.05, 0.1) is 6.61 Å². The lowest BCUT2D eigenvalue weighted by atomic mass is 10.1. The summed E-state index contributed by atoms with van der Waals surface area (Å²) in [6.07, 6.45) is 4.47. The zero-order chi connectivity index (χ0) is 19.4. The van der Waals surface area contributed by atoms with Gasteiger partial charge in [-0.05, 0) is 50.1 Å². The van der Waals surface area contributed by atoms with E-state index < -0.39 is 0 Å². The Balaban J connectivity index is 1.75. The number of carbonyl (C=O) groups excluding carboxylic acids is 1. The van der Waals surface area contributed by atoms with Crippen LogP contribution in [0.2, 0.25) is 0 Å². The van der Waals surface area contributed by atoms with E-state index in [4.69, 9.17) is 9.47 Å². The van der Waals surface area contributed by atoms with Crippen LogP contribution in [0.5, 0.6) is 11.5 Å². The molecule has 1 atom stereocenters. The average Bonchev–Trinajstić information content (AvgIpc) is 3.00. The Bertz CT molecular complexity index is 857. The van der Waals surface area contributed by atoms with Crippen LogP contribution in [-0.4, -0.2) is 30.6 Å². The largest absolute Gasteiger partial charge is 0.493 e. The Morgan fingerprint density at radius 2 is 2.11 bits per heavy atom. The van der Waals surface area contributed by atoms with E-state index in [1.54, 1.807) is 11.0 Å². The predicted octanol–water partition coefficient (Wildman–Crippen LogP) is 4.39. The van der Waals surface area contributed by atoms with E-state index in [2.05, 4.69) is 26.0 Å². The molecule has 1 unspecified atom stereocenters. The minimum absolute atomic E-state index is 0.0458. The van der Waals surface area contributed by atoms with Crippen LogP contribution in [0.1, 0.15) is 36.1 Å². The van der Waals surface area contributed by atoms with Gasteiger partial charge in [-0.15, -0.1) is 0 Å². The minimum atomic E-state index is -0.0458. The molecule has 1 aliphatic heterocycles. The van der Waals surface area contributed by atoms with Gasteiger partial charge in [0.15, 0.2) is 0 Å². The number of nitrogens with zero attached hydrogens (tertiary/aromatic N) is 1. The van der Waals surface area contributed by atoms with Crippen LogP contribution < -0.4 is 9.47 Å². The third-order valence-electron chi connectivity index (χ3n) is 4.78. The summed E-state index contributed by atoms with van der Waals surface area (Å²) in [6, 6.07) is 12.1. The normalized spacial score (nSPS) is 15.5. The fourth-order valence-corrected chi connectivity index (χ4v) is 3.28. The summed E-state index contributed by atoms with van der Waals surface area (Å²) in [6.45, 7) is 7.24. The molecule has 0 saturated heterocycles. The molecule has 4 heteroatoms. The highest BCUT2D eigenvalue weighted by molar-refractivity contribution is 5.92. The Hall–Kier alpha value is -2.75. The Morgan fingerprint density at radius 3 is 2.85 bits per heavy atom. The lowest BCUT2D eigenvalue weighted by Gasteiger charge is -2.17. The maximum atomic E-state index is 12.6. The summed E-state index contributed by atoms with van der Waals surface area (Å²) in [5.74, 6) is 1.63. The van der Waals surface area contributed by atoms with Gasteiger partial charge in [-0.2, -0.15) is 0 Å². The molecule has 0 saturated carbocycles. The van der Waals surface area contributed by atoms with Gasteiger partial charge in [-0.25, -0.2) is 0 Å². The molecule has 1 aliphatic rings. The third-order valence-corrected chi connectivity index (χ3v) is 4.78. The number of carbonyl (C=O) groups is 1. The van der Waals surface area contributed by atoms with Crippen LogP contribution in [0, 0.1) is 6.92 Å². The van der Waals surface area contributed by atoms with Gasteiger partial charge < -0.3 is 14.4 Å². The maximum Gasteiger partial charge on any atom is 0.246 e. The van der Waals surface area contributed by atoms with E-state index in [1.165, 1.54) is 5.56 Å². The van der Waals surface area contributed by atoms with E-state index in [0.29, 0.717) is 13.2 Å². The quantitative estimate of drug-likeness (QED) is 0.713. The summed E-state index contributed by atoms with van der Waals surface area (Å²) < 4.78 is 11.6. The molecule has 0 N–H and O–H groups in total. The third kappa shape index (κ3) is 4.51. The van der Waals surface area contributed by atoms with E-state index in [1.807, 2.05) is 44.3 Å². The molecule has 3 rings (SSSR count). The summed E-state index contributed by atoms with van der Waals surface area (Å²) in [5.41, 5.74) is 4.36. The molecule has 2 aromatic rings. The minimum Gasteiger partial charge on any atom is -0.493 e. The fourth-order valence-electron chi connectivity index (χ4n) is 3.28. The second-order valence-electron chi connectivity index (χ2n) is 7.02. The van der Waals surface area contributed by atoms with Gasteiger partial charge in [0.25, 0.3) is 0 Å². The Morgan fingerprint density at radius 1 is 1.33 bits per heavy atom. The lowest BCUT2D eigenvalue weighted by molar-refractivity contribution is -0.125. The first-order valence-electron chi connectivity index (χ1n) is 9.42. The van der Waals surface area contributed by atoms with Crippen molar-refractivity contribution in [2.24, 2.45) is 0 Å². The van der Waals surface area contributed by atoms with E-state index in [0.717, 1.165) is 34.6 Å². The Labute approximate surface area is 161 Å². The lowest BCUT2D eigenvalue weighted by Crippen LogP contribution is -2.24. The zero-order valence-electron chi connectivity index (χ0n) is 16.5. The molecule has 0 spiro atoms. The van der Waals surface area contributed by atoms with Crippen LogP contribution in [-0.2, 0) is 17.8 Å². The van der Waals surface area contributed by atoms with Crippen LogP contribution in [0.3, 0.4) is 0 Å². The number of hydrogen-bond acceptors (Lipinski definition) is 3. The van der Waals surface area contributed by atoms with Crippen molar-refractivity contribution in [1.82, 2.24) is 4.90 Å². The molecule has 2 aromatic carbocycles. The van der Waals surface area contributed by atoms with Crippen LogP contribution in [0.25, 0.3) is 6.08 Å². The predicted molar refractivity (Wildman–Crippen MR) is 108 cm³/mol. The number of benzene rings is 2. The van der Waals surface area contributed by atoms with Crippen molar-refractivity contribution in [2.45, 2.75) is 39.8 Å². The number of hydrogen-bond donors (Lipinski definition) is 0. The summed E-state index contributed by atoms with van der Waals surface area (Å²) >= 11 is 0. The molecule has 1 amide bonds. The molecule has 0 radical (unpaired) electrons. The number of aryl methyl sites for hydroxylation is 1. The maximum absolute atomic E-state index is 12.6. The number of amides is 1. The number of ether oxygens (including phenoxy) is 2. The number of fused-ring (bicyclic) bond motifs is 1. The number of likely N-dealkylation sites (N-methyl/N-ethyl adjacent to an activating group) is 1. The van der Waals surface area contributed by atoms with Gasteiger partial charge in [-0.3, -0.25) is 4.79 Å². The second-order valence-corrected chi connectivity index (χ2v) is 7.02. The highest BCUT2D eigenvalue weighted by Gasteiger charge is 2.21. The van der Waals surface area contributed by atoms with Crippen LogP contribution in [0.15, 0.2) is 42.5 Å². The molecule has 0 fully saturated rings. The first-order chi connectivity index (χ1) is 13.0. The van der Waals surface area contributed by atoms with E-state index in [9.17, 15) is 4.79 Å². The van der Waals surface area contributed by atoms with Crippen molar-refractivity contribution >= 4 is 12.0 Å². The van der Waals surface area contributed by atoms with Crippen molar-refractivity contribution in [3.63, 3.8) is 0 Å². The number of rotatable bonds is 6. The molecule has 1 heterocycles. The van der Waals surface area contributed by atoms with Crippen molar-refractivity contribution in [1.29, 1.82) is 0 Å². The highest BCUT2D eigenvalue weighted by atomic mass is 16.5. The monoisotopic (exact) mass is 365 g/mol. The van der Waals surface area contributed by atoms with Gasteiger partial charge in [0.2, 0.25) is 5.91 Å². The molecule has 0 aliphatic carbocycles. The van der Waals surface area contributed by atoms with Gasteiger partial charge in [0.1, 0.15) is 17.6 Å². The van der Waals surface area contributed by atoms with Crippen molar-refractivity contribution in [3.8, 4) is 11.5 Å². The van der Waals surface area contributed by atoms with E-state index in [-0.39, 0.29) is 12.0 Å². The SMILES string of the molecule is CCOc1cc2c(cc1C=CC(=O)N(C)Cc1ccccc1C)OC(C)C2. The van der Waals surface area contributed by atoms with E-state index >= 15 is 0 Å². The van der Waals surface area contributed by atoms with Gasteiger partial charge in [0, 0.05) is 37.2 Å². The van der Waals surface area contributed by atoms with Crippen molar-refractivity contribution in [3.05, 3.63) is 64.7 Å². The topological polar surface area (TPSA) is 38.8 Å². The average molecular weight is 365 g/mol. The summed E-state index contributed by atoms with van der Waals surface area (Å²) in [4.78, 5) is 14.3. The molecule has 0 aromatic heterocycles. The molecule has 142 valence electrons. The van der Waals surface area contributed by atoms with Gasteiger partial charge in [-0.1, -0.05) is 24.3 Å². The van der Waals surface area contributed by atoms with Gasteiger partial charge >= 0.3 is 0 Å². The van der Waals surface area contributed by atoms with Crippen LogP contribution in [0.4, 0.5) is 0 Å². The highest BCUT2D eigenvalue weighted by Crippen LogP contribution is 2.35. The fraction of sp³-hybridized carbons (Fsp3) is 0.348. The first-order valence-corrected chi connectivity index (χ1v) is 9.42. The standard InChI is InChI=1S/C23H27NO3/c1-5-26-21-14-20-12-17(3)27-22(20)13-18(21)10-11-23(25)24(4)15-19-9-7-6-8-16(19)2/h6-11,13-14,17H,5,12,15H2,1-4H3. The molecule has 27 heavy (non-hydrogen) atoms. The smallest absolute Gasteiger partial charge is 0.246 e.